The summed E-state index contributed by atoms with van der Waals surface area (Å²) < 4.78 is 24.2. The second-order valence-electron chi connectivity index (χ2n) is 9.47. The zero-order chi connectivity index (χ0) is 21.6. The van der Waals surface area contributed by atoms with Gasteiger partial charge >= 0.3 is 5.97 Å². The molecule has 30 heavy (non-hydrogen) atoms. The minimum atomic E-state index is -2.71. The summed E-state index contributed by atoms with van der Waals surface area (Å²) in [4.78, 5) is 12.3. The highest BCUT2D eigenvalue weighted by Gasteiger charge is 2.57. The molecule has 2 aromatic rings. The van der Waals surface area contributed by atoms with Crippen LogP contribution in [0.3, 0.4) is 0 Å². The van der Waals surface area contributed by atoms with E-state index in [2.05, 4.69) is 69.3 Å². The van der Waals surface area contributed by atoms with Gasteiger partial charge in [0.25, 0.3) is 8.32 Å². The van der Waals surface area contributed by atoms with Gasteiger partial charge in [0.15, 0.2) is 18.0 Å². The standard InChI is InChI=1S/C24H30O5Si/c1-23(2,3)30(17-12-8-6-9-13-17,18-14-10-7-11-15-18)26-16-19-20-21(22(25)27-19)29-24(4,5)28-20/h6-15,19-21H,16H2,1-5H3. The molecule has 0 N–H and O–H groups in total. The molecule has 160 valence electrons. The predicted molar refractivity (Wildman–Crippen MR) is 117 cm³/mol. The molecule has 2 aliphatic rings. The summed E-state index contributed by atoms with van der Waals surface area (Å²) in [5.41, 5.74) is 0. The topological polar surface area (TPSA) is 54.0 Å². The molecular formula is C24H30O5Si. The van der Waals surface area contributed by atoms with Crippen molar-refractivity contribution in [3.05, 3.63) is 60.7 Å². The van der Waals surface area contributed by atoms with Crippen LogP contribution in [0.1, 0.15) is 34.6 Å². The van der Waals surface area contributed by atoms with E-state index in [1.807, 2.05) is 26.0 Å². The number of hydrogen-bond acceptors (Lipinski definition) is 5. The summed E-state index contributed by atoms with van der Waals surface area (Å²) in [5, 5.41) is 2.23. The monoisotopic (exact) mass is 426 g/mol. The van der Waals surface area contributed by atoms with E-state index < -0.39 is 32.4 Å². The maximum absolute atomic E-state index is 12.3. The fourth-order valence-electron chi connectivity index (χ4n) is 4.62. The molecule has 4 rings (SSSR count). The van der Waals surface area contributed by atoms with Gasteiger partial charge in [0.2, 0.25) is 0 Å². The lowest BCUT2D eigenvalue weighted by Crippen LogP contribution is -2.67. The van der Waals surface area contributed by atoms with Crippen LogP contribution < -0.4 is 10.4 Å². The minimum Gasteiger partial charge on any atom is -0.455 e. The molecule has 2 heterocycles. The van der Waals surface area contributed by atoms with Gasteiger partial charge in [-0.1, -0.05) is 81.4 Å². The van der Waals surface area contributed by atoms with Crippen LogP contribution in [-0.4, -0.2) is 45.0 Å². The minimum absolute atomic E-state index is 0.149. The first-order chi connectivity index (χ1) is 14.1. The summed E-state index contributed by atoms with van der Waals surface area (Å²) >= 11 is 0. The van der Waals surface area contributed by atoms with E-state index in [1.165, 1.54) is 10.4 Å². The number of benzene rings is 2. The fraction of sp³-hybridized carbons (Fsp3) is 0.458. The van der Waals surface area contributed by atoms with Crippen molar-refractivity contribution in [1.29, 1.82) is 0 Å². The molecule has 3 atom stereocenters. The number of ether oxygens (including phenoxy) is 3. The summed E-state index contributed by atoms with van der Waals surface area (Å²) in [6.07, 6.45) is -1.63. The van der Waals surface area contributed by atoms with Crippen molar-refractivity contribution in [3.8, 4) is 0 Å². The smallest absolute Gasteiger partial charge is 0.338 e. The van der Waals surface area contributed by atoms with Crippen molar-refractivity contribution in [2.75, 3.05) is 6.61 Å². The van der Waals surface area contributed by atoms with Gasteiger partial charge in [0.05, 0.1) is 6.61 Å². The van der Waals surface area contributed by atoms with E-state index in [9.17, 15) is 4.79 Å². The van der Waals surface area contributed by atoms with Crippen LogP contribution >= 0.6 is 0 Å². The van der Waals surface area contributed by atoms with Crippen molar-refractivity contribution >= 4 is 24.7 Å². The van der Waals surface area contributed by atoms with Crippen molar-refractivity contribution in [1.82, 2.24) is 0 Å². The Bertz CT molecular complexity index is 851. The number of esters is 1. The molecule has 0 radical (unpaired) electrons. The van der Waals surface area contributed by atoms with Gasteiger partial charge in [0.1, 0.15) is 6.10 Å². The van der Waals surface area contributed by atoms with Crippen LogP contribution in [0, 0.1) is 0 Å². The maximum Gasteiger partial charge on any atom is 0.338 e. The number of fused-ring (bicyclic) bond motifs is 1. The second-order valence-corrected chi connectivity index (χ2v) is 13.8. The molecule has 0 bridgehead atoms. The Balaban J connectivity index is 1.70. The highest BCUT2D eigenvalue weighted by molar-refractivity contribution is 6.99. The summed E-state index contributed by atoms with van der Waals surface area (Å²) in [6.45, 7) is 10.6. The average Bonchev–Trinajstić information content (AvgIpc) is 3.17. The Labute approximate surface area is 179 Å². The first-order valence-corrected chi connectivity index (χ1v) is 12.4. The maximum atomic E-state index is 12.3. The van der Waals surface area contributed by atoms with E-state index in [0.29, 0.717) is 0 Å². The van der Waals surface area contributed by atoms with Crippen LogP contribution in [0.5, 0.6) is 0 Å². The summed E-state index contributed by atoms with van der Waals surface area (Å²) in [5.74, 6) is -1.17. The second kappa shape index (κ2) is 7.61. The van der Waals surface area contributed by atoms with Gasteiger partial charge in [-0.25, -0.2) is 4.79 Å². The highest BCUT2D eigenvalue weighted by Crippen LogP contribution is 2.39. The normalized spacial score (nSPS) is 25.8. The van der Waals surface area contributed by atoms with Crippen molar-refractivity contribution < 1.29 is 23.4 Å². The van der Waals surface area contributed by atoms with E-state index in [0.717, 1.165) is 0 Å². The average molecular weight is 427 g/mol. The third-order valence-electron chi connectivity index (χ3n) is 5.88. The molecular weight excluding hydrogens is 396 g/mol. The SMILES string of the molecule is CC1(C)OC2C(=O)OC(CO[Si](c3ccccc3)(c3ccccc3)C(C)(C)C)C2O1. The number of cyclic esters (lactones) is 1. The molecule has 2 saturated heterocycles. The molecule has 0 aliphatic carbocycles. The highest BCUT2D eigenvalue weighted by atomic mass is 28.4. The van der Waals surface area contributed by atoms with Gasteiger partial charge in [0, 0.05) is 0 Å². The zero-order valence-electron chi connectivity index (χ0n) is 18.3. The van der Waals surface area contributed by atoms with Crippen LogP contribution in [0.25, 0.3) is 0 Å². The van der Waals surface area contributed by atoms with Crippen molar-refractivity contribution in [3.63, 3.8) is 0 Å². The van der Waals surface area contributed by atoms with Gasteiger partial charge < -0.3 is 18.6 Å². The lowest BCUT2D eigenvalue weighted by atomic mass is 10.1. The van der Waals surface area contributed by atoms with Crippen molar-refractivity contribution in [2.45, 2.75) is 63.8 Å². The number of carbonyl (C=O) groups is 1. The fourth-order valence-corrected chi connectivity index (χ4v) is 9.19. The third-order valence-corrected chi connectivity index (χ3v) is 10.9. The third kappa shape index (κ3) is 3.62. The molecule has 0 spiro atoms. The molecule has 0 saturated carbocycles. The lowest BCUT2D eigenvalue weighted by molar-refractivity contribution is -0.188. The first kappa shape index (κ1) is 21.2. The van der Waals surface area contributed by atoms with Crippen LogP contribution in [0.4, 0.5) is 0 Å². The summed E-state index contributed by atoms with van der Waals surface area (Å²) in [7, 11) is -2.71. The van der Waals surface area contributed by atoms with Crippen LogP contribution in [0.15, 0.2) is 60.7 Å². The first-order valence-electron chi connectivity index (χ1n) is 10.5. The predicted octanol–water partition coefficient (Wildman–Crippen LogP) is 3.01. The van der Waals surface area contributed by atoms with E-state index in [4.69, 9.17) is 18.6 Å². The van der Waals surface area contributed by atoms with Crippen LogP contribution in [0.2, 0.25) is 5.04 Å². The summed E-state index contributed by atoms with van der Waals surface area (Å²) in [6, 6.07) is 20.8. The van der Waals surface area contributed by atoms with Gasteiger partial charge in [-0.2, -0.15) is 0 Å². The molecule has 6 heteroatoms. The van der Waals surface area contributed by atoms with Gasteiger partial charge in [-0.15, -0.1) is 0 Å². The molecule has 0 aromatic heterocycles. The Morgan fingerprint density at radius 1 is 0.933 bits per heavy atom. The number of hydrogen-bond donors (Lipinski definition) is 0. The Hall–Kier alpha value is -1.99. The van der Waals surface area contributed by atoms with E-state index in [-0.39, 0.29) is 17.6 Å². The Morgan fingerprint density at radius 3 is 1.97 bits per heavy atom. The number of rotatable bonds is 5. The van der Waals surface area contributed by atoms with Crippen LogP contribution in [-0.2, 0) is 23.4 Å². The lowest BCUT2D eigenvalue weighted by Gasteiger charge is -2.43. The van der Waals surface area contributed by atoms with E-state index >= 15 is 0 Å². The molecule has 3 unspecified atom stereocenters. The molecule has 2 aliphatic heterocycles. The van der Waals surface area contributed by atoms with Crippen molar-refractivity contribution in [2.24, 2.45) is 0 Å². The number of carbonyl (C=O) groups excluding carboxylic acids is 1. The molecule has 2 fully saturated rings. The zero-order valence-corrected chi connectivity index (χ0v) is 19.3. The Morgan fingerprint density at radius 2 is 1.47 bits per heavy atom. The largest absolute Gasteiger partial charge is 0.455 e. The molecule has 0 amide bonds. The molecule has 2 aromatic carbocycles. The van der Waals surface area contributed by atoms with E-state index in [1.54, 1.807) is 0 Å². The van der Waals surface area contributed by atoms with Gasteiger partial charge in [-0.3, -0.25) is 0 Å². The molecule has 5 nitrogen and oxygen atoms in total. The van der Waals surface area contributed by atoms with Gasteiger partial charge in [-0.05, 0) is 29.3 Å². The Kier molecular flexibility index (Phi) is 5.39. The quantitative estimate of drug-likeness (QED) is 0.543.